The van der Waals surface area contributed by atoms with Crippen molar-refractivity contribution in [2.45, 2.75) is 32.4 Å². The number of nitrogens with two attached hydrogens (primary N) is 1. The lowest BCUT2D eigenvalue weighted by Crippen LogP contribution is -2.33. The number of nitrogens with one attached hydrogen (secondary N) is 1. The van der Waals surface area contributed by atoms with Crippen LogP contribution in [0.25, 0.3) is 0 Å². The third-order valence-corrected chi connectivity index (χ3v) is 3.64. The first-order chi connectivity index (χ1) is 10.3. The van der Waals surface area contributed by atoms with Crippen molar-refractivity contribution in [2.75, 3.05) is 6.54 Å². The minimum absolute atomic E-state index is 0.460. The molecular formula is C15H20N6. The van der Waals surface area contributed by atoms with Gasteiger partial charge < -0.3 is 15.6 Å². The van der Waals surface area contributed by atoms with Crippen LogP contribution in [0.4, 0.5) is 0 Å². The number of guanidine groups is 1. The highest BCUT2D eigenvalue weighted by molar-refractivity contribution is 5.77. The fourth-order valence-electron chi connectivity index (χ4n) is 2.52. The first kappa shape index (κ1) is 13.6. The van der Waals surface area contributed by atoms with E-state index in [-0.39, 0.29) is 0 Å². The molecule has 0 fully saturated rings. The van der Waals surface area contributed by atoms with E-state index in [1.807, 2.05) is 18.2 Å². The van der Waals surface area contributed by atoms with E-state index in [2.05, 4.69) is 37.2 Å². The summed E-state index contributed by atoms with van der Waals surface area (Å²) >= 11 is 0. The largest absolute Gasteiger partial charge is 0.370 e. The fraction of sp³-hybridized carbons (Fsp3) is 0.400. The molecule has 3 rings (SSSR count). The first-order valence-electron chi connectivity index (χ1n) is 7.31. The monoisotopic (exact) mass is 284 g/mol. The number of aryl methyl sites for hydroxylation is 1. The minimum atomic E-state index is 0.460. The summed E-state index contributed by atoms with van der Waals surface area (Å²) in [5, 5.41) is 11.5. The van der Waals surface area contributed by atoms with Crippen molar-refractivity contribution >= 4 is 5.96 Å². The zero-order valence-corrected chi connectivity index (χ0v) is 12.0. The molecule has 21 heavy (non-hydrogen) atoms. The van der Waals surface area contributed by atoms with Crippen LogP contribution in [0, 0.1) is 0 Å². The summed E-state index contributed by atoms with van der Waals surface area (Å²) in [6.45, 7) is 2.25. The Morgan fingerprint density at radius 3 is 3.00 bits per heavy atom. The van der Waals surface area contributed by atoms with Crippen LogP contribution in [0.1, 0.15) is 23.6 Å². The maximum Gasteiger partial charge on any atom is 0.189 e. The van der Waals surface area contributed by atoms with Crippen LogP contribution >= 0.6 is 0 Å². The minimum Gasteiger partial charge on any atom is -0.370 e. The van der Waals surface area contributed by atoms with E-state index in [1.165, 1.54) is 5.56 Å². The molecule has 0 amide bonds. The van der Waals surface area contributed by atoms with Gasteiger partial charge in [-0.05, 0) is 18.4 Å². The fourth-order valence-corrected chi connectivity index (χ4v) is 2.52. The Bertz CT molecular complexity index is 616. The van der Waals surface area contributed by atoms with Crippen LogP contribution in [0.15, 0.2) is 35.3 Å². The molecule has 0 radical (unpaired) electrons. The Kier molecular flexibility index (Phi) is 4.14. The lowest BCUT2D eigenvalue weighted by atomic mass is 10.1. The average molecular weight is 284 g/mol. The Hall–Kier alpha value is -2.37. The van der Waals surface area contributed by atoms with Gasteiger partial charge in [0.1, 0.15) is 12.4 Å². The van der Waals surface area contributed by atoms with Gasteiger partial charge >= 0.3 is 0 Å². The van der Waals surface area contributed by atoms with Gasteiger partial charge in [0.2, 0.25) is 0 Å². The molecule has 1 aromatic carbocycles. The average Bonchev–Trinajstić information content (AvgIpc) is 3.10. The van der Waals surface area contributed by atoms with Crippen molar-refractivity contribution < 1.29 is 0 Å². The number of rotatable bonds is 5. The third-order valence-electron chi connectivity index (χ3n) is 3.64. The van der Waals surface area contributed by atoms with Gasteiger partial charge in [-0.1, -0.05) is 30.3 Å². The van der Waals surface area contributed by atoms with Crippen LogP contribution < -0.4 is 11.1 Å². The molecule has 2 heterocycles. The van der Waals surface area contributed by atoms with Crippen molar-refractivity contribution in [1.29, 1.82) is 0 Å². The highest BCUT2D eigenvalue weighted by Crippen LogP contribution is 2.14. The summed E-state index contributed by atoms with van der Waals surface area (Å²) in [4.78, 5) is 4.34. The second-order valence-electron chi connectivity index (χ2n) is 5.15. The second-order valence-corrected chi connectivity index (χ2v) is 5.15. The zero-order chi connectivity index (χ0) is 14.5. The molecule has 0 bridgehead atoms. The molecular weight excluding hydrogens is 264 g/mol. The van der Waals surface area contributed by atoms with E-state index < -0.39 is 0 Å². The number of aliphatic imine (C=N–C) groups is 1. The summed E-state index contributed by atoms with van der Waals surface area (Å²) in [6.07, 6.45) is 3.09. The molecule has 1 aromatic heterocycles. The van der Waals surface area contributed by atoms with Crippen LogP contribution in [0.2, 0.25) is 0 Å². The molecule has 3 N–H and O–H groups in total. The van der Waals surface area contributed by atoms with E-state index in [1.54, 1.807) is 0 Å². The highest BCUT2D eigenvalue weighted by Gasteiger charge is 2.16. The molecule has 6 nitrogen and oxygen atoms in total. The normalized spacial score (nSPS) is 14.2. The van der Waals surface area contributed by atoms with E-state index in [0.29, 0.717) is 12.5 Å². The number of benzene rings is 1. The Morgan fingerprint density at radius 2 is 2.14 bits per heavy atom. The quantitative estimate of drug-likeness (QED) is 0.630. The summed E-state index contributed by atoms with van der Waals surface area (Å²) in [6, 6.07) is 10.3. The van der Waals surface area contributed by atoms with Gasteiger partial charge in [-0.25, -0.2) is 4.99 Å². The number of hydrogen-bond donors (Lipinski definition) is 2. The van der Waals surface area contributed by atoms with Crippen LogP contribution in [0.5, 0.6) is 0 Å². The van der Waals surface area contributed by atoms with Gasteiger partial charge in [-0.2, -0.15) is 0 Å². The Labute approximate surface area is 124 Å². The van der Waals surface area contributed by atoms with Gasteiger partial charge in [0, 0.05) is 19.5 Å². The summed E-state index contributed by atoms with van der Waals surface area (Å²) in [7, 11) is 0. The van der Waals surface area contributed by atoms with Crippen LogP contribution in [0.3, 0.4) is 0 Å². The molecule has 1 aliphatic rings. The maximum absolute atomic E-state index is 5.88. The van der Waals surface area contributed by atoms with E-state index in [0.717, 1.165) is 44.0 Å². The standard InChI is InChI=1S/C15H20N6/c16-15(17-9-8-12-5-2-1-3-6-12)18-11-14-20-19-13-7-4-10-21(13)14/h1-3,5-6H,4,7-11H2,(H3,16,17,18). The lowest BCUT2D eigenvalue weighted by molar-refractivity contribution is 0.686. The van der Waals surface area contributed by atoms with Crippen molar-refractivity contribution in [3.63, 3.8) is 0 Å². The number of aromatic nitrogens is 3. The SMILES string of the molecule is NC(=NCc1nnc2n1CCC2)NCCc1ccccc1. The lowest BCUT2D eigenvalue weighted by Gasteiger charge is -2.06. The molecule has 0 atom stereocenters. The molecule has 110 valence electrons. The molecule has 2 aromatic rings. The molecule has 1 aliphatic heterocycles. The number of fused-ring (bicyclic) bond motifs is 1. The van der Waals surface area contributed by atoms with Gasteiger partial charge in [0.15, 0.2) is 11.8 Å². The molecule has 0 aliphatic carbocycles. The predicted molar refractivity (Wildman–Crippen MR) is 81.8 cm³/mol. The van der Waals surface area contributed by atoms with E-state index >= 15 is 0 Å². The van der Waals surface area contributed by atoms with E-state index in [4.69, 9.17) is 5.73 Å². The van der Waals surface area contributed by atoms with Gasteiger partial charge in [0.25, 0.3) is 0 Å². The Morgan fingerprint density at radius 1 is 1.29 bits per heavy atom. The van der Waals surface area contributed by atoms with Crippen molar-refractivity contribution in [3.05, 3.63) is 47.5 Å². The molecule has 0 spiro atoms. The van der Waals surface area contributed by atoms with Crippen LogP contribution in [-0.4, -0.2) is 27.3 Å². The smallest absolute Gasteiger partial charge is 0.189 e. The van der Waals surface area contributed by atoms with Gasteiger partial charge in [-0.3, -0.25) is 0 Å². The topological polar surface area (TPSA) is 81.1 Å². The Balaban J connectivity index is 1.47. The van der Waals surface area contributed by atoms with Crippen molar-refractivity contribution in [3.8, 4) is 0 Å². The highest BCUT2D eigenvalue weighted by atomic mass is 15.3. The summed E-state index contributed by atoms with van der Waals surface area (Å²) in [5.74, 6) is 2.42. The van der Waals surface area contributed by atoms with Gasteiger partial charge in [0.05, 0.1) is 0 Å². The van der Waals surface area contributed by atoms with Gasteiger partial charge in [-0.15, -0.1) is 10.2 Å². The summed E-state index contributed by atoms with van der Waals surface area (Å²) < 4.78 is 2.14. The van der Waals surface area contributed by atoms with E-state index in [9.17, 15) is 0 Å². The predicted octanol–water partition coefficient (Wildman–Crippen LogP) is 0.871. The van der Waals surface area contributed by atoms with Crippen molar-refractivity contribution in [2.24, 2.45) is 10.7 Å². The second kappa shape index (κ2) is 6.39. The zero-order valence-electron chi connectivity index (χ0n) is 12.0. The van der Waals surface area contributed by atoms with Crippen LogP contribution in [-0.2, 0) is 25.9 Å². The summed E-state index contributed by atoms with van der Waals surface area (Å²) in [5.41, 5.74) is 7.17. The molecule has 0 saturated carbocycles. The molecule has 0 unspecified atom stereocenters. The first-order valence-corrected chi connectivity index (χ1v) is 7.31. The number of hydrogen-bond acceptors (Lipinski definition) is 3. The number of nitrogens with zero attached hydrogens (tertiary/aromatic N) is 4. The molecule has 6 heteroatoms. The third kappa shape index (κ3) is 3.39. The van der Waals surface area contributed by atoms with Crippen molar-refractivity contribution in [1.82, 2.24) is 20.1 Å². The molecule has 0 saturated heterocycles. The maximum atomic E-state index is 5.88.